The van der Waals surface area contributed by atoms with Gasteiger partial charge in [0, 0.05) is 11.8 Å². The first-order valence-corrected chi connectivity index (χ1v) is 5.63. The Morgan fingerprint density at radius 3 is 2.25 bits per heavy atom. The van der Waals surface area contributed by atoms with E-state index in [1.54, 1.807) is 0 Å². The number of pyridine rings is 1. The van der Waals surface area contributed by atoms with Gasteiger partial charge in [0.05, 0.1) is 5.56 Å². The van der Waals surface area contributed by atoms with Gasteiger partial charge in [-0.15, -0.1) is 0 Å². The molecular weight excluding hydrogens is 274 g/mol. The van der Waals surface area contributed by atoms with Crippen LogP contribution in [-0.2, 0) is 6.18 Å². The van der Waals surface area contributed by atoms with Crippen molar-refractivity contribution < 1.29 is 22.4 Å². The number of benzene rings is 1. The van der Waals surface area contributed by atoms with Gasteiger partial charge in [0.25, 0.3) is 0 Å². The average Bonchev–Trinajstić information content (AvgIpc) is 2.38. The molecule has 1 aromatic heterocycles. The SMILES string of the molecule is CC(=O)c1cc(-c2ccc(C(F)(F)F)nc2)ccc1F. The number of carbonyl (C=O) groups excluding carboxylic acids is 1. The van der Waals surface area contributed by atoms with E-state index in [0.29, 0.717) is 11.1 Å². The fraction of sp³-hybridized carbons (Fsp3) is 0.143. The summed E-state index contributed by atoms with van der Waals surface area (Å²) >= 11 is 0. The van der Waals surface area contributed by atoms with Crippen LogP contribution in [0.4, 0.5) is 17.6 Å². The van der Waals surface area contributed by atoms with Crippen molar-refractivity contribution in [3.05, 3.63) is 53.6 Å². The summed E-state index contributed by atoms with van der Waals surface area (Å²) in [5.74, 6) is -1.12. The monoisotopic (exact) mass is 283 g/mol. The lowest BCUT2D eigenvalue weighted by molar-refractivity contribution is -0.141. The van der Waals surface area contributed by atoms with Crippen LogP contribution in [0.3, 0.4) is 0 Å². The first-order chi connectivity index (χ1) is 9.29. The molecule has 2 nitrogen and oxygen atoms in total. The Bertz CT molecular complexity index is 647. The van der Waals surface area contributed by atoms with Gasteiger partial charge in [-0.1, -0.05) is 12.1 Å². The highest BCUT2D eigenvalue weighted by atomic mass is 19.4. The predicted octanol–water partition coefficient (Wildman–Crippen LogP) is 4.11. The minimum absolute atomic E-state index is 0.109. The van der Waals surface area contributed by atoms with Crippen LogP contribution in [-0.4, -0.2) is 10.8 Å². The minimum atomic E-state index is -4.51. The number of carbonyl (C=O) groups is 1. The van der Waals surface area contributed by atoms with Crippen molar-refractivity contribution in [2.45, 2.75) is 13.1 Å². The number of aromatic nitrogens is 1. The van der Waals surface area contributed by atoms with Crippen LogP contribution in [0.1, 0.15) is 23.0 Å². The Kier molecular flexibility index (Phi) is 3.57. The quantitative estimate of drug-likeness (QED) is 0.613. The molecule has 0 saturated carbocycles. The minimum Gasteiger partial charge on any atom is -0.294 e. The van der Waals surface area contributed by atoms with Crippen molar-refractivity contribution in [2.24, 2.45) is 0 Å². The topological polar surface area (TPSA) is 30.0 Å². The normalized spacial score (nSPS) is 11.4. The summed E-state index contributed by atoms with van der Waals surface area (Å²) in [5, 5.41) is 0. The molecule has 0 radical (unpaired) electrons. The molecule has 0 aliphatic heterocycles. The fourth-order valence-electron chi connectivity index (χ4n) is 1.71. The van der Waals surface area contributed by atoms with Crippen LogP contribution in [0.15, 0.2) is 36.5 Å². The number of rotatable bonds is 2. The van der Waals surface area contributed by atoms with Crippen molar-refractivity contribution in [1.29, 1.82) is 0 Å². The molecule has 0 amide bonds. The maximum atomic E-state index is 13.4. The van der Waals surface area contributed by atoms with Crippen LogP contribution in [0.5, 0.6) is 0 Å². The van der Waals surface area contributed by atoms with Crippen molar-refractivity contribution in [3.8, 4) is 11.1 Å². The van der Waals surface area contributed by atoms with Crippen LogP contribution in [0.2, 0.25) is 0 Å². The van der Waals surface area contributed by atoms with Gasteiger partial charge in [-0.3, -0.25) is 9.78 Å². The van der Waals surface area contributed by atoms with Gasteiger partial charge in [-0.2, -0.15) is 13.2 Å². The lowest BCUT2D eigenvalue weighted by atomic mass is 10.0. The third-order valence-electron chi connectivity index (χ3n) is 2.73. The predicted molar refractivity (Wildman–Crippen MR) is 64.6 cm³/mol. The smallest absolute Gasteiger partial charge is 0.294 e. The summed E-state index contributed by atoms with van der Waals surface area (Å²) in [6, 6.07) is 5.84. The largest absolute Gasteiger partial charge is 0.433 e. The standard InChI is InChI=1S/C14H9F4NO/c1-8(20)11-6-9(2-4-12(11)15)10-3-5-13(19-7-10)14(16,17)18/h2-7H,1H3. The summed E-state index contributed by atoms with van der Waals surface area (Å²) in [6.07, 6.45) is -3.47. The number of ketones is 1. The van der Waals surface area contributed by atoms with E-state index in [4.69, 9.17) is 0 Å². The van der Waals surface area contributed by atoms with E-state index in [-0.39, 0.29) is 5.56 Å². The second-order valence-electron chi connectivity index (χ2n) is 4.18. The number of nitrogens with zero attached hydrogens (tertiary/aromatic N) is 1. The molecule has 0 aliphatic rings. The lowest BCUT2D eigenvalue weighted by Gasteiger charge is -2.08. The van der Waals surface area contributed by atoms with Crippen LogP contribution in [0.25, 0.3) is 11.1 Å². The maximum absolute atomic E-state index is 13.4. The molecule has 0 atom stereocenters. The van der Waals surface area contributed by atoms with Crippen LogP contribution >= 0.6 is 0 Å². The Hall–Kier alpha value is -2.24. The highest BCUT2D eigenvalue weighted by Crippen LogP contribution is 2.29. The van der Waals surface area contributed by atoms with E-state index < -0.39 is 23.5 Å². The molecule has 0 bridgehead atoms. The lowest BCUT2D eigenvalue weighted by Crippen LogP contribution is -2.07. The van der Waals surface area contributed by atoms with E-state index in [0.717, 1.165) is 18.3 Å². The van der Waals surface area contributed by atoms with Crippen molar-refractivity contribution in [1.82, 2.24) is 4.98 Å². The molecule has 1 heterocycles. The first-order valence-electron chi connectivity index (χ1n) is 5.63. The average molecular weight is 283 g/mol. The summed E-state index contributed by atoms with van der Waals surface area (Å²) in [4.78, 5) is 14.6. The van der Waals surface area contributed by atoms with Crippen molar-refractivity contribution in [2.75, 3.05) is 0 Å². The van der Waals surface area contributed by atoms with Gasteiger partial charge in [0.1, 0.15) is 11.5 Å². The Morgan fingerprint density at radius 2 is 1.75 bits per heavy atom. The zero-order chi connectivity index (χ0) is 14.9. The number of hydrogen-bond acceptors (Lipinski definition) is 2. The molecule has 6 heteroatoms. The van der Waals surface area contributed by atoms with E-state index in [1.807, 2.05) is 0 Å². The summed E-state index contributed by atoms with van der Waals surface area (Å²) < 4.78 is 50.5. The molecule has 0 saturated heterocycles. The van der Waals surface area contributed by atoms with Gasteiger partial charge in [-0.05, 0) is 30.7 Å². The Balaban J connectivity index is 2.42. The van der Waals surface area contributed by atoms with E-state index in [2.05, 4.69) is 4.98 Å². The second kappa shape index (κ2) is 5.03. The van der Waals surface area contributed by atoms with Crippen LogP contribution in [0, 0.1) is 5.82 Å². The molecule has 0 unspecified atom stereocenters. The highest BCUT2D eigenvalue weighted by molar-refractivity contribution is 5.95. The number of halogens is 4. The van der Waals surface area contributed by atoms with E-state index >= 15 is 0 Å². The summed E-state index contributed by atoms with van der Waals surface area (Å²) in [6.45, 7) is 1.22. The fourth-order valence-corrected chi connectivity index (χ4v) is 1.71. The molecule has 2 rings (SSSR count). The molecular formula is C14H9F4NO. The number of alkyl halides is 3. The van der Waals surface area contributed by atoms with Gasteiger partial charge >= 0.3 is 6.18 Å². The molecule has 0 aliphatic carbocycles. The molecule has 2 aromatic rings. The highest BCUT2D eigenvalue weighted by Gasteiger charge is 2.32. The number of hydrogen-bond donors (Lipinski definition) is 0. The Morgan fingerprint density at radius 1 is 1.10 bits per heavy atom. The van der Waals surface area contributed by atoms with Gasteiger partial charge in [0.15, 0.2) is 5.78 Å². The van der Waals surface area contributed by atoms with Gasteiger partial charge < -0.3 is 0 Å². The van der Waals surface area contributed by atoms with E-state index in [1.165, 1.54) is 25.1 Å². The third-order valence-corrected chi connectivity index (χ3v) is 2.73. The molecule has 104 valence electrons. The third kappa shape index (κ3) is 2.84. The Labute approximate surface area is 112 Å². The van der Waals surface area contributed by atoms with Gasteiger partial charge in [-0.25, -0.2) is 4.39 Å². The van der Waals surface area contributed by atoms with Gasteiger partial charge in [0.2, 0.25) is 0 Å². The molecule has 0 spiro atoms. The molecule has 0 N–H and O–H groups in total. The molecule has 1 aromatic carbocycles. The number of Topliss-reactive ketones (excluding diaryl/α,β-unsaturated/α-hetero) is 1. The maximum Gasteiger partial charge on any atom is 0.433 e. The zero-order valence-electron chi connectivity index (χ0n) is 10.3. The molecule has 20 heavy (non-hydrogen) atoms. The first kappa shape index (κ1) is 14.2. The van der Waals surface area contributed by atoms with Crippen molar-refractivity contribution >= 4 is 5.78 Å². The van der Waals surface area contributed by atoms with Crippen molar-refractivity contribution in [3.63, 3.8) is 0 Å². The molecule has 0 fully saturated rings. The van der Waals surface area contributed by atoms with E-state index in [9.17, 15) is 22.4 Å². The summed E-state index contributed by atoms with van der Waals surface area (Å²) in [7, 11) is 0. The van der Waals surface area contributed by atoms with Crippen LogP contribution < -0.4 is 0 Å². The summed E-state index contributed by atoms with van der Waals surface area (Å²) in [5.41, 5.74) is -0.309. The zero-order valence-corrected chi connectivity index (χ0v) is 10.3. The second-order valence-corrected chi connectivity index (χ2v) is 4.18.